The molecule has 8 heteroatoms. The van der Waals surface area contributed by atoms with Gasteiger partial charge in [-0.3, -0.25) is 9.59 Å². The Hall–Kier alpha value is -1.83. The fourth-order valence-corrected chi connectivity index (χ4v) is 6.24. The van der Waals surface area contributed by atoms with Crippen LogP contribution in [-0.4, -0.2) is 79.0 Å². The van der Waals surface area contributed by atoms with Crippen LogP contribution in [0.2, 0.25) is 0 Å². The molecular formula is C34H65N5O3. The van der Waals surface area contributed by atoms with Crippen LogP contribution >= 0.6 is 0 Å². The number of unbranched alkanes of at least 4 members (excludes halogenated alkanes) is 1. The molecule has 0 aromatic rings. The summed E-state index contributed by atoms with van der Waals surface area (Å²) in [5.41, 5.74) is -0.0224. The molecule has 42 heavy (non-hydrogen) atoms. The van der Waals surface area contributed by atoms with Gasteiger partial charge in [-0.2, -0.15) is 0 Å². The first-order valence-electron chi connectivity index (χ1n) is 16.9. The number of likely N-dealkylation sites (N-methyl/N-ethyl adjacent to an activating group) is 1. The number of hydrogen-bond donors (Lipinski definition) is 3. The van der Waals surface area contributed by atoms with Crippen LogP contribution in [-0.2, 0) is 9.59 Å². The van der Waals surface area contributed by atoms with Crippen LogP contribution in [0.3, 0.4) is 0 Å². The lowest BCUT2D eigenvalue weighted by atomic mass is 9.75. The van der Waals surface area contributed by atoms with Crippen molar-refractivity contribution in [3.8, 4) is 0 Å². The second-order valence-corrected chi connectivity index (χ2v) is 15.6. The van der Waals surface area contributed by atoms with Gasteiger partial charge in [0, 0.05) is 38.6 Å². The Bertz CT molecular complexity index is 850. The van der Waals surface area contributed by atoms with Gasteiger partial charge < -0.3 is 25.8 Å². The van der Waals surface area contributed by atoms with Gasteiger partial charge in [0.1, 0.15) is 6.04 Å². The fraction of sp³-hybridized carbons (Fsp3) is 0.912. The van der Waals surface area contributed by atoms with Gasteiger partial charge >= 0.3 is 6.03 Å². The molecule has 8 nitrogen and oxygen atoms in total. The molecule has 0 aromatic heterocycles. The molecule has 1 aliphatic heterocycles. The molecule has 0 aromatic carbocycles. The van der Waals surface area contributed by atoms with Crippen LogP contribution in [0.5, 0.6) is 0 Å². The zero-order valence-corrected chi connectivity index (χ0v) is 28.7. The lowest BCUT2D eigenvalue weighted by Crippen LogP contribution is -2.61. The van der Waals surface area contributed by atoms with Gasteiger partial charge in [-0.1, -0.05) is 74.1 Å². The van der Waals surface area contributed by atoms with Crippen molar-refractivity contribution in [3.05, 3.63) is 0 Å². The van der Waals surface area contributed by atoms with Gasteiger partial charge in [0.2, 0.25) is 11.8 Å². The van der Waals surface area contributed by atoms with E-state index >= 15 is 0 Å². The van der Waals surface area contributed by atoms with E-state index in [9.17, 15) is 14.4 Å². The molecule has 4 amide bonds. The zero-order valence-electron chi connectivity index (χ0n) is 28.7. The van der Waals surface area contributed by atoms with E-state index in [1.54, 1.807) is 4.90 Å². The average Bonchev–Trinajstić information content (AvgIpc) is 3.14. The molecule has 244 valence electrons. The highest BCUT2D eigenvalue weighted by Crippen LogP contribution is 2.38. The minimum Gasteiger partial charge on any atom is -0.354 e. The minimum absolute atomic E-state index is 0.0239. The maximum absolute atomic E-state index is 14.0. The Labute approximate surface area is 257 Å². The summed E-state index contributed by atoms with van der Waals surface area (Å²) in [5.74, 6) is 0.0476. The summed E-state index contributed by atoms with van der Waals surface area (Å²) in [5, 5.41) is 9.51. The van der Waals surface area contributed by atoms with Crippen LogP contribution in [0.25, 0.3) is 0 Å². The number of nitrogens with zero attached hydrogens (tertiary/aromatic N) is 2. The number of carbonyl (C=O) groups is 3. The highest BCUT2D eigenvalue weighted by Gasteiger charge is 2.42. The number of amides is 4. The second-order valence-electron chi connectivity index (χ2n) is 15.6. The van der Waals surface area contributed by atoms with E-state index in [4.69, 9.17) is 0 Å². The topological polar surface area (TPSA) is 93.8 Å². The number of urea groups is 1. The molecule has 2 aliphatic rings. The standard InChI is InChI=1S/C34H65N5O3/c1-10-26(2)35-28(40)17-13-16-22-38(9)30(41)29(34(8)18-14-11-12-15-19-34)37-31(42)36-27(32(3,4)5)25-39-23-20-33(6,7)21-24-39/h26-27,29H,10-25H2,1-9H3,(H,35,40)(H2,36,37,42). The molecule has 2 rings (SSSR count). The van der Waals surface area contributed by atoms with Gasteiger partial charge in [-0.05, 0) is 81.2 Å². The van der Waals surface area contributed by atoms with Gasteiger partial charge in [0.05, 0.1) is 0 Å². The van der Waals surface area contributed by atoms with Crippen molar-refractivity contribution < 1.29 is 14.4 Å². The van der Waals surface area contributed by atoms with Crippen molar-refractivity contribution >= 4 is 17.8 Å². The Balaban J connectivity index is 2.06. The van der Waals surface area contributed by atoms with E-state index < -0.39 is 6.04 Å². The van der Waals surface area contributed by atoms with Crippen molar-refractivity contribution in [1.29, 1.82) is 0 Å². The summed E-state index contributed by atoms with van der Waals surface area (Å²) in [7, 11) is 1.84. The van der Waals surface area contributed by atoms with E-state index in [-0.39, 0.29) is 40.8 Å². The SMILES string of the molecule is CCC(C)NC(=O)CCCCN(C)C(=O)C(NC(=O)NC(CN1CCC(C)(C)CC1)C(C)(C)C)C1(C)CCCCCC1. The van der Waals surface area contributed by atoms with Gasteiger partial charge in [0.15, 0.2) is 0 Å². The van der Waals surface area contributed by atoms with Crippen molar-refractivity contribution in [2.45, 2.75) is 151 Å². The lowest BCUT2D eigenvalue weighted by Gasteiger charge is -2.42. The van der Waals surface area contributed by atoms with Crippen molar-refractivity contribution in [2.75, 3.05) is 33.2 Å². The van der Waals surface area contributed by atoms with Crippen LogP contribution in [0, 0.1) is 16.2 Å². The maximum atomic E-state index is 14.0. The molecule has 1 saturated heterocycles. The third kappa shape index (κ3) is 12.0. The molecule has 1 saturated carbocycles. The first-order chi connectivity index (χ1) is 19.6. The van der Waals surface area contributed by atoms with E-state index in [1.165, 1.54) is 25.7 Å². The highest BCUT2D eigenvalue weighted by molar-refractivity contribution is 5.88. The smallest absolute Gasteiger partial charge is 0.315 e. The monoisotopic (exact) mass is 592 g/mol. The quantitative estimate of drug-likeness (QED) is 0.178. The maximum Gasteiger partial charge on any atom is 0.315 e. The summed E-state index contributed by atoms with van der Waals surface area (Å²) in [6.45, 7) is 20.9. The first-order valence-corrected chi connectivity index (χ1v) is 16.9. The highest BCUT2D eigenvalue weighted by atomic mass is 16.2. The Morgan fingerprint density at radius 3 is 2.02 bits per heavy atom. The summed E-state index contributed by atoms with van der Waals surface area (Å²) in [4.78, 5) is 44.0. The van der Waals surface area contributed by atoms with Crippen LogP contribution in [0.1, 0.15) is 132 Å². The summed E-state index contributed by atoms with van der Waals surface area (Å²) >= 11 is 0. The molecule has 0 bridgehead atoms. The molecule has 0 spiro atoms. The third-order valence-corrected chi connectivity index (χ3v) is 10.0. The molecule has 2 fully saturated rings. The van der Waals surface area contributed by atoms with Crippen molar-refractivity contribution in [2.24, 2.45) is 16.2 Å². The molecule has 3 N–H and O–H groups in total. The molecule has 3 atom stereocenters. The average molecular weight is 592 g/mol. The van der Waals surface area contributed by atoms with Crippen LogP contribution in [0.15, 0.2) is 0 Å². The van der Waals surface area contributed by atoms with Gasteiger partial charge in [0.25, 0.3) is 0 Å². The van der Waals surface area contributed by atoms with E-state index in [1.807, 2.05) is 14.0 Å². The zero-order chi connectivity index (χ0) is 31.6. The summed E-state index contributed by atoms with van der Waals surface area (Å²) < 4.78 is 0. The van der Waals surface area contributed by atoms with Gasteiger partial charge in [-0.25, -0.2) is 4.79 Å². The Kier molecular flexibility index (Phi) is 14.1. The van der Waals surface area contributed by atoms with Crippen molar-refractivity contribution in [1.82, 2.24) is 25.8 Å². The molecule has 1 heterocycles. The third-order valence-electron chi connectivity index (χ3n) is 10.0. The Morgan fingerprint density at radius 1 is 0.881 bits per heavy atom. The molecule has 1 aliphatic carbocycles. The van der Waals surface area contributed by atoms with Crippen LogP contribution in [0.4, 0.5) is 4.79 Å². The number of rotatable bonds is 13. The number of carbonyl (C=O) groups excluding carboxylic acids is 3. The first kappa shape index (κ1) is 36.4. The van der Waals surface area contributed by atoms with Gasteiger partial charge in [-0.15, -0.1) is 0 Å². The predicted molar refractivity (Wildman–Crippen MR) is 173 cm³/mol. The molecule has 3 unspecified atom stereocenters. The van der Waals surface area contributed by atoms with E-state index in [0.717, 1.165) is 64.6 Å². The number of nitrogens with one attached hydrogen (secondary N) is 3. The number of hydrogen-bond acceptors (Lipinski definition) is 4. The summed E-state index contributed by atoms with van der Waals surface area (Å²) in [6, 6.07) is -0.669. The second kappa shape index (κ2) is 16.3. The number of likely N-dealkylation sites (tertiary alicyclic amines) is 1. The van der Waals surface area contributed by atoms with E-state index in [2.05, 4.69) is 69.3 Å². The van der Waals surface area contributed by atoms with Crippen molar-refractivity contribution in [3.63, 3.8) is 0 Å². The lowest BCUT2D eigenvalue weighted by molar-refractivity contribution is -0.135. The fourth-order valence-electron chi connectivity index (χ4n) is 6.24. The molecule has 0 radical (unpaired) electrons. The largest absolute Gasteiger partial charge is 0.354 e. The number of piperidine rings is 1. The normalized spacial score (nSPS) is 21.4. The molecular weight excluding hydrogens is 526 g/mol. The van der Waals surface area contributed by atoms with Crippen LogP contribution < -0.4 is 16.0 Å². The van der Waals surface area contributed by atoms with E-state index in [0.29, 0.717) is 18.4 Å². The predicted octanol–water partition coefficient (Wildman–Crippen LogP) is 6.09. The Morgan fingerprint density at radius 2 is 1.48 bits per heavy atom. The minimum atomic E-state index is -0.578. The summed E-state index contributed by atoms with van der Waals surface area (Å²) in [6.07, 6.45) is 11.6.